The summed E-state index contributed by atoms with van der Waals surface area (Å²) in [5.41, 5.74) is 0. The van der Waals surface area contributed by atoms with Crippen molar-refractivity contribution in [1.29, 1.82) is 0 Å². The normalized spacial score (nSPS) is 19.0. The summed E-state index contributed by atoms with van der Waals surface area (Å²) in [6.45, 7) is 6.84. The van der Waals surface area contributed by atoms with Crippen LogP contribution in [0.2, 0.25) is 0 Å². The highest BCUT2D eigenvalue weighted by molar-refractivity contribution is 7.09. The van der Waals surface area contributed by atoms with Crippen molar-refractivity contribution in [3.05, 3.63) is 22.4 Å². The van der Waals surface area contributed by atoms with Crippen LogP contribution < -0.4 is 5.32 Å². The molecule has 0 unspecified atom stereocenters. The van der Waals surface area contributed by atoms with Gasteiger partial charge in [-0.05, 0) is 44.7 Å². The molecule has 1 atom stereocenters. The number of nitrogens with zero attached hydrogens (tertiary/aromatic N) is 1. The fourth-order valence-electron chi connectivity index (χ4n) is 2.38. The molecule has 1 aromatic heterocycles. The Bertz CT molecular complexity index is 375. The molecule has 0 aliphatic carbocycles. The number of amides is 1. The largest absolute Gasteiger partial charge is 0.335 e. The highest BCUT2D eigenvalue weighted by Gasteiger charge is 2.27. The molecule has 1 aromatic rings. The van der Waals surface area contributed by atoms with Crippen LogP contribution in [-0.4, -0.2) is 29.9 Å². The lowest BCUT2D eigenvalue weighted by molar-refractivity contribution is -0.138. The van der Waals surface area contributed by atoms with E-state index < -0.39 is 0 Å². The van der Waals surface area contributed by atoms with Crippen LogP contribution in [0.25, 0.3) is 0 Å². The first-order valence-corrected chi connectivity index (χ1v) is 7.60. The molecule has 5 heteroatoms. The van der Waals surface area contributed by atoms with Crippen LogP contribution in [0.15, 0.2) is 17.5 Å². The molecule has 1 aliphatic rings. The van der Waals surface area contributed by atoms with E-state index >= 15 is 0 Å². The third-order valence-electron chi connectivity index (χ3n) is 3.46. The zero-order chi connectivity index (χ0) is 13.0. The van der Waals surface area contributed by atoms with E-state index in [-0.39, 0.29) is 24.4 Å². The molecule has 1 saturated heterocycles. The van der Waals surface area contributed by atoms with Crippen molar-refractivity contribution >= 4 is 29.7 Å². The van der Waals surface area contributed by atoms with Crippen molar-refractivity contribution in [2.75, 3.05) is 13.1 Å². The average molecular weight is 303 g/mol. The third-order valence-corrected chi connectivity index (χ3v) is 4.32. The van der Waals surface area contributed by atoms with Gasteiger partial charge in [-0.25, -0.2) is 0 Å². The van der Waals surface area contributed by atoms with Gasteiger partial charge in [0.1, 0.15) is 0 Å². The minimum atomic E-state index is 0. The summed E-state index contributed by atoms with van der Waals surface area (Å²) in [7, 11) is 0. The molecule has 0 spiro atoms. The quantitative estimate of drug-likeness (QED) is 0.927. The molecule has 2 rings (SSSR count). The van der Waals surface area contributed by atoms with Crippen LogP contribution in [0.1, 0.15) is 31.6 Å². The van der Waals surface area contributed by atoms with Gasteiger partial charge >= 0.3 is 0 Å². The molecule has 1 N–H and O–H groups in total. The Kier molecular flexibility index (Phi) is 6.83. The van der Waals surface area contributed by atoms with Crippen molar-refractivity contribution in [2.45, 2.75) is 39.3 Å². The van der Waals surface area contributed by atoms with E-state index in [9.17, 15) is 4.79 Å². The van der Waals surface area contributed by atoms with E-state index in [1.54, 1.807) is 11.3 Å². The molecule has 1 aliphatic heterocycles. The maximum Gasteiger partial charge on any atom is 0.227 e. The first kappa shape index (κ1) is 16.5. The zero-order valence-corrected chi connectivity index (χ0v) is 13.2. The summed E-state index contributed by atoms with van der Waals surface area (Å²) < 4.78 is 0. The minimum Gasteiger partial charge on any atom is -0.335 e. The Morgan fingerprint density at radius 3 is 2.89 bits per heavy atom. The lowest BCUT2D eigenvalue weighted by Gasteiger charge is -2.32. The van der Waals surface area contributed by atoms with Crippen molar-refractivity contribution in [1.82, 2.24) is 10.2 Å². The van der Waals surface area contributed by atoms with Crippen molar-refractivity contribution in [3.8, 4) is 0 Å². The third kappa shape index (κ3) is 4.48. The van der Waals surface area contributed by atoms with Crippen LogP contribution in [0.3, 0.4) is 0 Å². The molecular formula is C14H23ClN2OS. The fourth-order valence-corrected chi connectivity index (χ4v) is 3.09. The predicted molar refractivity (Wildman–Crippen MR) is 82.8 cm³/mol. The van der Waals surface area contributed by atoms with Gasteiger partial charge in [0.15, 0.2) is 0 Å². The predicted octanol–water partition coefficient (Wildman–Crippen LogP) is 2.91. The molecule has 2 heterocycles. The molecule has 0 saturated carbocycles. The summed E-state index contributed by atoms with van der Waals surface area (Å²) in [6, 6.07) is 4.42. The number of nitrogens with one attached hydrogen (secondary N) is 1. The Morgan fingerprint density at radius 2 is 2.37 bits per heavy atom. The maximum absolute atomic E-state index is 12.6. The van der Waals surface area contributed by atoms with Crippen LogP contribution >= 0.6 is 23.7 Å². The number of rotatable bonds is 4. The Labute approximate surface area is 125 Å². The molecule has 0 radical (unpaired) electrons. The monoisotopic (exact) mass is 302 g/mol. The van der Waals surface area contributed by atoms with Crippen LogP contribution in [0.5, 0.6) is 0 Å². The number of thiophene rings is 1. The van der Waals surface area contributed by atoms with Gasteiger partial charge in [-0.3, -0.25) is 4.79 Å². The summed E-state index contributed by atoms with van der Waals surface area (Å²) in [6.07, 6.45) is 2.14. The van der Waals surface area contributed by atoms with Gasteiger partial charge in [0.25, 0.3) is 0 Å². The van der Waals surface area contributed by atoms with E-state index in [1.807, 2.05) is 11.0 Å². The van der Waals surface area contributed by atoms with E-state index in [4.69, 9.17) is 0 Å². The first-order valence-electron chi connectivity index (χ1n) is 6.72. The first-order chi connectivity index (χ1) is 8.68. The second-order valence-corrected chi connectivity index (χ2v) is 6.21. The zero-order valence-electron chi connectivity index (χ0n) is 11.6. The van der Waals surface area contributed by atoms with E-state index in [0.717, 1.165) is 32.5 Å². The van der Waals surface area contributed by atoms with Gasteiger partial charge in [0.2, 0.25) is 5.91 Å². The van der Waals surface area contributed by atoms with E-state index in [2.05, 4.69) is 30.6 Å². The van der Waals surface area contributed by atoms with Crippen molar-refractivity contribution < 1.29 is 4.79 Å². The highest BCUT2D eigenvalue weighted by Crippen LogP contribution is 2.19. The minimum absolute atomic E-state index is 0. The van der Waals surface area contributed by atoms with Crippen LogP contribution in [0.4, 0.5) is 0 Å². The summed E-state index contributed by atoms with van der Waals surface area (Å²) in [5.74, 6) is 0.478. The Balaban J connectivity index is 0.00000180. The lowest BCUT2D eigenvalue weighted by atomic mass is 9.97. The second kappa shape index (κ2) is 7.88. The lowest BCUT2D eigenvalue weighted by Crippen LogP contribution is -2.45. The molecule has 3 nitrogen and oxygen atoms in total. The highest BCUT2D eigenvalue weighted by atomic mass is 35.5. The van der Waals surface area contributed by atoms with Gasteiger partial charge in [-0.1, -0.05) is 6.07 Å². The number of carbonyl (C=O) groups is 1. The number of piperidine rings is 1. The maximum atomic E-state index is 12.6. The van der Waals surface area contributed by atoms with E-state index in [0.29, 0.717) is 5.91 Å². The number of hydrogen-bond acceptors (Lipinski definition) is 3. The van der Waals surface area contributed by atoms with Gasteiger partial charge in [0.05, 0.1) is 12.5 Å². The molecule has 19 heavy (non-hydrogen) atoms. The number of halogens is 1. The van der Waals surface area contributed by atoms with Crippen molar-refractivity contribution in [3.63, 3.8) is 0 Å². The van der Waals surface area contributed by atoms with Gasteiger partial charge in [-0.15, -0.1) is 23.7 Å². The summed E-state index contributed by atoms with van der Waals surface area (Å²) in [4.78, 5) is 15.8. The number of hydrogen-bond donors (Lipinski definition) is 1. The molecular weight excluding hydrogens is 280 g/mol. The number of carbonyl (C=O) groups excluding carboxylic acids is 1. The van der Waals surface area contributed by atoms with Gasteiger partial charge < -0.3 is 10.2 Å². The SMILES string of the molecule is CC(C)N(Cc1cccs1)C(=O)[C@@H]1CCCNC1.Cl. The van der Waals surface area contributed by atoms with Crippen LogP contribution in [-0.2, 0) is 11.3 Å². The summed E-state index contributed by atoms with van der Waals surface area (Å²) >= 11 is 1.72. The molecule has 0 bridgehead atoms. The standard InChI is InChI=1S/C14H22N2OS.ClH/c1-11(2)16(10-13-6-4-8-18-13)14(17)12-5-3-7-15-9-12;/h4,6,8,11-12,15H,3,5,7,9-10H2,1-2H3;1H/t12-;/m1./s1. The second-order valence-electron chi connectivity index (χ2n) is 5.18. The molecule has 108 valence electrons. The summed E-state index contributed by atoms with van der Waals surface area (Å²) in [5, 5.41) is 5.39. The van der Waals surface area contributed by atoms with Gasteiger partial charge in [-0.2, -0.15) is 0 Å². The van der Waals surface area contributed by atoms with Crippen molar-refractivity contribution in [2.24, 2.45) is 5.92 Å². The molecule has 0 aromatic carbocycles. The fraction of sp³-hybridized carbons (Fsp3) is 0.643. The Hall–Kier alpha value is -0.580. The average Bonchev–Trinajstić information content (AvgIpc) is 2.89. The van der Waals surface area contributed by atoms with E-state index in [1.165, 1.54) is 4.88 Å². The molecule has 1 fully saturated rings. The van der Waals surface area contributed by atoms with Gasteiger partial charge in [0, 0.05) is 17.5 Å². The smallest absolute Gasteiger partial charge is 0.227 e. The van der Waals surface area contributed by atoms with Crippen LogP contribution in [0, 0.1) is 5.92 Å². The topological polar surface area (TPSA) is 32.3 Å². The Morgan fingerprint density at radius 1 is 1.58 bits per heavy atom. The molecule has 1 amide bonds.